The van der Waals surface area contributed by atoms with Crippen LogP contribution in [0.1, 0.15) is 17.5 Å². The molecule has 2 heterocycles. The van der Waals surface area contributed by atoms with E-state index in [-0.39, 0.29) is 5.91 Å². The van der Waals surface area contributed by atoms with Crippen molar-refractivity contribution in [2.45, 2.75) is 26.4 Å². The lowest BCUT2D eigenvalue weighted by Crippen LogP contribution is -2.24. The predicted molar refractivity (Wildman–Crippen MR) is 105 cm³/mol. The Labute approximate surface area is 162 Å². The third-order valence-corrected chi connectivity index (χ3v) is 4.41. The topological polar surface area (TPSA) is 84.8 Å². The second-order valence-corrected chi connectivity index (χ2v) is 6.50. The molecule has 0 saturated heterocycles. The number of nitrogens with zero attached hydrogens (tertiary/aromatic N) is 3. The summed E-state index contributed by atoms with van der Waals surface area (Å²) in [6, 6.07) is 11.6. The molecule has 8 heteroatoms. The van der Waals surface area contributed by atoms with E-state index in [0.29, 0.717) is 30.2 Å². The summed E-state index contributed by atoms with van der Waals surface area (Å²) in [6.45, 7) is 2.89. The Hall–Kier alpha value is -3.00. The quantitative estimate of drug-likeness (QED) is 0.613. The molecule has 0 bridgehead atoms. The van der Waals surface area contributed by atoms with Gasteiger partial charge in [-0.05, 0) is 30.8 Å². The van der Waals surface area contributed by atoms with Gasteiger partial charge >= 0.3 is 0 Å². The summed E-state index contributed by atoms with van der Waals surface area (Å²) in [7, 11) is 1.57. The normalized spacial score (nSPS) is 10.6. The first-order chi connectivity index (χ1) is 13.1. The van der Waals surface area contributed by atoms with Gasteiger partial charge in [0, 0.05) is 37.3 Å². The number of rotatable bonds is 7. The fourth-order valence-electron chi connectivity index (χ4n) is 2.67. The number of hydrogen-bond donors (Lipinski definition) is 2. The van der Waals surface area contributed by atoms with Crippen LogP contribution in [0.5, 0.6) is 5.88 Å². The third kappa shape index (κ3) is 4.79. The van der Waals surface area contributed by atoms with Gasteiger partial charge in [0.1, 0.15) is 0 Å². The van der Waals surface area contributed by atoms with Gasteiger partial charge in [-0.15, -0.1) is 0 Å². The van der Waals surface area contributed by atoms with Crippen molar-refractivity contribution < 1.29 is 9.53 Å². The number of ether oxygens (including phenoxy) is 1. The average Bonchev–Trinajstić information content (AvgIpc) is 3.05. The van der Waals surface area contributed by atoms with Crippen molar-refractivity contribution in [2.75, 3.05) is 7.11 Å². The molecule has 0 saturated carbocycles. The maximum Gasteiger partial charge on any atom is 0.222 e. The lowest BCUT2D eigenvalue weighted by Gasteiger charge is -2.09. The zero-order valence-electron chi connectivity index (χ0n) is 15.2. The minimum absolute atomic E-state index is 0.0656. The highest BCUT2D eigenvalue weighted by Crippen LogP contribution is 2.18. The van der Waals surface area contributed by atoms with E-state index in [1.807, 2.05) is 41.8 Å². The summed E-state index contributed by atoms with van der Waals surface area (Å²) in [4.78, 5) is 16.3. The van der Waals surface area contributed by atoms with Crippen LogP contribution in [0.2, 0.25) is 0 Å². The number of hydrogen-bond acceptors (Lipinski definition) is 5. The van der Waals surface area contributed by atoms with Gasteiger partial charge in [0.15, 0.2) is 10.6 Å². The summed E-state index contributed by atoms with van der Waals surface area (Å²) in [5.41, 5.74) is 3.01. The van der Waals surface area contributed by atoms with Crippen LogP contribution in [0.25, 0.3) is 11.4 Å². The first-order valence-corrected chi connectivity index (χ1v) is 8.95. The Morgan fingerprint density at radius 1 is 1.33 bits per heavy atom. The summed E-state index contributed by atoms with van der Waals surface area (Å²) in [5, 5.41) is 10.0. The molecule has 0 atom stereocenters. The molecule has 1 aromatic carbocycles. The molecule has 3 aromatic rings. The number of aromatic nitrogens is 4. The molecule has 7 nitrogen and oxygen atoms in total. The van der Waals surface area contributed by atoms with E-state index in [2.05, 4.69) is 20.5 Å². The van der Waals surface area contributed by atoms with E-state index in [1.165, 1.54) is 0 Å². The van der Waals surface area contributed by atoms with Crippen molar-refractivity contribution in [2.24, 2.45) is 0 Å². The summed E-state index contributed by atoms with van der Waals surface area (Å²) in [5.74, 6) is 1.21. The van der Waals surface area contributed by atoms with Gasteiger partial charge in [-0.2, -0.15) is 5.10 Å². The average molecular weight is 383 g/mol. The van der Waals surface area contributed by atoms with Crippen LogP contribution in [0.15, 0.2) is 42.6 Å². The number of aryl methyl sites for hydroxylation is 1. The largest absolute Gasteiger partial charge is 0.481 e. The molecule has 0 fully saturated rings. The number of pyridine rings is 1. The van der Waals surface area contributed by atoms with E-state index < -0.39 is 0 Å². The second kappa shape index (κ2) is 8.59. The van der Waals surface area contributed by atoms with Crippen molar-refractivity contribution in [1.29, 1.82) is 0 Å². The minimum atomic E-state index is -0.0656. The fraction of sp³-hybridized carbons (Fsp3) is 0.263. The van der Waals surface area contributed by atoms with Gasteiger partial charge in [0.25, 0.3) is 0 Å². The van der Waals surface area contributed by atoms with Crippen LogP contribution in [0, 0.1) is 11.7 Å². The van der Waals surface area contributed by atoms with Crippen LogP contribution in [-0.2, 0) is 17.9 Å². The molecule has 3 rings (SSSR count). The number of benzene rings is 1. The molecule has 0 aliphatic rings. The molecule has 2 N–H and O–H groups in total. The van der Waals surface area contributed by atoms with Crippen molar-refractivity contribution in [3.8, 4) is 17.3 Å². The molecule has 1 amide bonds. The van der Waals surface area contributed by atoms with Gasteiger partial charge in [0.05, 0.1) is 7.11 Å². The first kappa shape index (κ1) is 18.8. The molecule has 0 spiro atoms. The number of methoxy groups -OCH3 is 1. The van der Waals surface area contributed by atoms with Gasteiger partial charge in [-0.25, -0.2) is 4.98 Å². The number of nitrogens with one attached hydrogen (secondary N) is 2. The zero-order chi connectivity index (χ0) is 19.2. The fourth-order valence-corrected chi connectivity index (χ4v) is 2.89. The monoisotopic (exact) mass is 383 g/mol. The van der Waals surface area contributed by atoms with Crippen LogP contribution in [-0.4, -0.2) is 32.8 Å². The summed E-state index contributed by atoms with van der Waals surface area (Å²) < 4.78 is 7.37. The molecule has 0 radical (unpaired) electrons. The SMILES string of the molecule is COc1ccc(CNC(=O)CCn2c(-c3cccc(C)c3)n[nH]c2=S)cn1. The lowest BCUT2D eigenvalue weighted by atomic mass is 10.1. The van der Waals surface area contributed by atoms with E-state index >= 15 is 0 Å². The van der Waals surface area contributed by atoms with Crippen molar-refractivity contribution in [3.05, 3.63) is 58.5 Å². The zero-order valence-corrected chi connectivity index (χ0v) is 16.0. The number of amides is 1. The van der Waals surface area contributed by atoms with Crippen molar-refractivity contribution in [1.82, 2.24) is 25.1 Å². The molecule has 0 unspecified atom stereocenters. The highest BCUT2D eigenvalue weighted by Gasteiger charge is 2.11. The maximum absolute atomic E-state index is 12.2. The number of carbonyl (C=O) groups excluding carboxylic acids is 1. The first-order valence-electron chi connectivity index (χ1n) is 8.54. The molecular formula is C19H21N5O2S. The standard InChI is InChI=1S/C19H21N5O2S/c1-13-4-3-5-15(10-13)18-22-23-19(27)24(18)9-8-16(25)20-11-14-6-7-17(26-2)21-12-14/h3-7,10,12H,8-9,11H2,1-2H3,(H,20,25)(H,23,27). The number of aromatic amines is 1. The molecule has 27 heavy (non-hydrogen) atoms. The lowest BCUT2D eigenvalue weighted by molar-refractivity contribution is -0.121. The molecule has 140 valence electrons. The van der Waals surface area contributed by atoms with Crippen molar-refractivity contribution in [3.63, 3.8) is 0 Å². The number of H-pyrrole nitrogens is 1. The van der Waals surface area contributed by atoms with Gasteiger partial charge in [-0.3, -0.25) is 14.5 Å². The molecular weight excluding hydrogens is 362 g/mol. The van der Waals surface area contributed by atoms with Crippen LogP contribution in [0.3, 0.4) is 0 Å². The van der Waals surface area contributed by atoms with Crippen molar-refractivity contribution >= 4 is 18.1 Å². The Kier molecular flexibility index (Phi) is 5.97. The smallest absolute Gasteiger partial charge is 0.222 e. The minimum Gasteiger partial charge on any atom is -0.481 e. The summed E-state index contributed by atoms with van der Waals surface area (Å²) in [6.07, 6.45) is 1.98. The van der Waals surface area contributed by atoms with Gasteiger partial charge in [0.2, 0.25) is 11.8 Å². The van der Waals surface area contributed by atoms with E-state index in [4.69, 9.17) is 17.0 Å². The highest BCUT2D eigenvalue weighted by molar-refractivity contribution is 7.71. The Bertz CT molecular complexity index is 978. The van der Waals surface area contributed by atoms with Gasteiger partial charge in [-0.1, -0.05) is 29.8 Å². The van der Waals surface area contributed by atoms with Crippen LogP contribution in [0.4, 0.5) is 0 Å². The third-order valence-electron chi connectivity index (χ3n) is 4.09. The van der Waals surface area contributed by atoms with E-state index in [1.54, 1.807) is 19.4 Å². The van der Waals surface area contributed by atoms with Gasteiger partial charge < -0.3 is 10.1 Å². The molecule has 0 aliphatic carbocycles. The van der Waals surface area contributed by atoms with Crippen LogP contribution >= 0.6 is 12.2 Å². The van der Waals surface area contributed by atoms with Crippen LogP contribution < -0.4 is 10.1 Å². The predicted octanol–water partition coefficient (Wildman–Crippen LogP) is 3.03. The summed E-state index contributed by atoms with van der Waals surface area (Å²) >= 11 is 5.32. The second-order valence-electron chi connectivity index (χ2n) is 6.11. The highest BCUT2D eigenvalue weighted by atomic mass is 32.1. The Morgan fingerprint density at radius 3 is 2.89 bits per heavy atom. The molecule has 0 aliphatic heterocycles. The van der Waals surface area contributed by atoms with E-state index in [9.17, 15) is 4.79 Å². The Morgan fingerprint density at radius 2 is 2.19 bits per heavy atom. The molecule has 2 aromatic heterocycles. The Balaban J connectivity index is 1.60. The number of carbonyl (C=O) groups is 1. The van der Waals surface area contributed by atoms with E-state index in [0.717, 1.165) is 22.5 Å². The maximum atomic E-state index is 12.2.